The van der Waals surface area contributed by atoms with Crippen LogP contribution in [0.25, 0.3) is 11.2 Å². The minimum Gasteiger partial charge on any atom is -0.465 e. The van der Waals surface area contributed by atoms with Crippen LogP contribution in [0.2, 0.25) is 5.02 Å². The summed E-state index contributed by atoms with van der Waals surface area (Å²) in [5.74, 6) is -0.0786. The van der Waals surface area contributed by atoms with Crippen LogP contribution in [0.3, 0.4) is 0 Å². The fraction of sp³-hybridized carbons (Fsp3) is 0.520. The van der Waals surface area contributed by atoms with E-state index in [2.05, 4.69) is 20.0 Å². The standard InChI is InChI=1S/C25H36ClN6O4P/c1-6-11-35-24(33)25(4,5)13-37(34,31-18(3)19-7-9-20(26)10-8-19)16-36-17(2)12-32-15-30-21-22(27)28-14-29-23(21)32/h7-10,14-15,17-18H,6,11-13,16H2,1-5H3,(H,31,34)(H2,27,28,29)/t17-,18+,37?/m1/s1. The number of imidazole rings is 1. The Kier molecular flexibility index (Phi) is 9.69. The molecular weight excluding hydrogens is 515 g/mol. The van der Waals surface area contributed by atoms with Crippen molar-refractivity contribution in [3.8, 4) is 0 Å². The van der Waals surface area contributed by atoms with E-state index in [9.17, 15) is 9.36 Å². The summed E-state index contributed by atoms with van der Waals surface area (Å²) >= 11 is 6.03. The molecule has 0 bridgehead atoms. The monoisotopic (exact) mass is 550 g/mol. The van der Waals surface area contributed by atoms with Crippen LogP contribution in [0.1, 0.15) is 52.6 Å². The summed E-state index contributed by atoms with van der Waals surface area (Å²) in [4.78, 5) is 25.2. The number of ether oxygens (including phenoxy) is 2. The largest absolute Gasteiger partial charge is 0.465 e. The predicted molar refractivity (Wildman–Crippen MR) is 146 cm³/mol. The lowest BCUT2D eigenvalue weighted by atomic mass is 9.97. The summed E-state index contributed by atoms with van der Waals surface area (Å²) in [6.07, 6.45) is 3.40. The van der Waals surface area contributed by atoms with Gasteiger partial charge in [-0.3, -0.25) is 9.88 Å². The van der Waals surface area contributed by atoms with Crippen molar-refractivity contribution in [2.75, 3.05) is 24.9 Å². The fourth-order valence-electron chi connectivity index (χ4n) is 4.01. The molecule has 0 fully saturated rings. The summed E-state index contributed by atoms with van der Waals surface area (Å²) in [7, 11) is -3.24. The van der Waals surface area contributed by atoms with Gasteiger partial charge in [-0.15, -0.1) is 0 Å². The molecule has 0 aliphatic rings. The molecule has 0 saturated carbocycles. The molecule has 0 radical (unpaired) electrons. The van der Waals surface area contributed by atoms with Crippen LogP contribution < -0.4 is 10.8 Å². The zero-order valence-corrected chi connectivity index (χ0v) is 23.6. The zero-order valence-electron chi connectivity index (χ0n) is 22.0. The summed E-state index contributed by atoms with van der Waals surface area (Å²) in [6, 6.07) is 7.08. The number of fused-ring (bicyclic) bond motifs is 1. The van der Waals surface area contributed by atoms with Crippen molar-refractivity contribution >= 4 is 41.8 Å². The minimum absolute atomic E-state index is 0.0691. The van der Waals surface area contributed by atoms with Gasteiger partial charge in [0.15, 0.2) is 18.8 Å². The molecule has 0 amide bonds. The molecule has 37 heavy (non-hydrogen) atoms. The molecule has 3 N–H and O–H groups in total. The van der Waals surface area contributed by atoms with Crippen molar-refractivity contribution in [3.63, 3.8) is 0 Å². The van der Waals surface area contributed by atoms with Gasteiger partial charge in [0.25, 0.3) is 0 Å². The van der Waals surface area contributed by atoms with E-state index >= 15 is 0 Å². The lowest BCUT2D eigenvalue weighted by Gasteiger charge is -2.31. The molecule has 3 atom stereocenters. The Bertz CT molecular complexity index is 1250. The molecule has 0 spiro atoms. The molecule has 2 aromatic heterocycles. The first-order valence-electron chi connectivity index (χ1n) is 12.3. The van der Waals surface area contributed by atoms with Gasteiger partial charge < -0.3 is 24.3 Å². The molecule has 0 aliphatic heterocycles. The second-order valence-corrected chi connectivity index (χ2v) is 13.0. The molecule has 1 unspecified atom stereocenters. The van der Waals surface area contributed by atoms with E-state index in [1.165, 1.54) is 6.33 Å². The Balaban J connectivity index is 1.76. The number of nitrogen functional groups attached to an aromatic ring is 1. The van der Waals surface area contributed by atoms with Gasteiger partial charge >= 0.3 is 5.97 Å². The highest BCUT2D eigenvalue weighted by molar-refractivity contribution is 7.61. The van der Waals surface area contributed by atoms with Crippen molar-refractivity contribution in [1.82, 2.24) is 24.6 Å². The maximum atomic E-state index is 14.3. The van der Waals surface area contributed by atoms with Gasteiger partial charge in [-0.2, -0.15) is 0 Å². The molecule has 0 aliphatic carbocycles. The third-order valence-corrected chi connectivity index (χ3v) is 8.87. The highest BCUT2D eigenvalue weighted by atomic mass is 35.5. The Morgan fingerprint density at radius 3 is 2.59 bits per heavy atom. The number of carbonyl (C=O) groups is 1. The van der Waals surface area contributed by atoms with Gasteiger partial charge in [0.2, 0.25) is 0 Å². The summed E-state index contributed by atoms with van der Waals surface area (Å²) in [5, 5.41) is 3.89. The lowest BCUT2D eigenvalue weighted by molar-refractivity contribution is -0.152. The number of benzene rings is 1. The van der Waals surface area contributed by atoms with Crippen LogP contribution in [0.5, 0.6) is 0 Å². The van der Waals surface area contributed by atoms with Gasteiger partial charge in [-0.05, 0) is 51.8 Å². The van der Waals surface area contributed by atoms with E-state index in [0.29, 0.717) is 41.6 Å². The van der Waals surface area contributed by atoms with Gasteiger partial charge in [-0.25, -0.2) is 15.0 Å². The van der Waals surface area contributed by atoms with Crippen LogP contribution >= 0.6 is 18.9 Å². The average molecular weight is 551 g/mol. The maximum absolute atomic E-state index is 14.3. The lowest BCUT2D eigenvalue weighted by Crippen LogP contribution is -2.35. The second-order valence-electron chi connectivity index (χ2n) is 9.90. The van der Waals surface area contributed by atoms with Crippen LogP contribution in [0.4, 0.5) is 5.82 Å². The average Bonchev–Trinajstić information content (AvgIpc) is 3.25. The van der Waals surface area contributed by atoms with E-state index < -0.39 is 12.7 Å². The smallest absolute Gasteiger partial charge is 0.312 e. The number of esters is 1. The number of anilines is 1. The number of aromatic nitrogens is 4. The van der Waals surface area contributed by atoms with Crippen LogP contribution in [0, 0.1) is 5.41 Å². The van der Waals surface area contributed by atoms with Gasteiger partial charge in [0, 0.05) is 17.2 Å². The fourth-order valence-corrected chi connectivity index (χ4v) is 7.15. The van der Waals surface area contributed by atoms with Crippen molar-refractivity contribution < 1.29 is 18.8 Å². The van der Waals surface area contributed by atoms with Crippen molar-refractivity contribution in [3.05, 3.63) is 47.5 Å². The Morgan fingerprint density at radius 1 is 1.22 bits per heavy atom. The quantitative estimate of drug-likeness (QED) is 0.222. The predicted octanol–water partition coefficient (Wildman–Crippen LogP) is 5.03. The molecular formula is C25H36ClN6O4P. The van der Waals surface area contributed by atoms with E-state index in [1.54, 1.807) is 32.3 Å². The maximum Gasteiger partial charge on any atom is 0.312 e. The third kappa shape index (κ3) is 7.74. The van der Waals surface area contributed by atoms with Crippen molar-refractivity contribution in [2.45, 2.75) is 59.7 Å². The number of hydrogen-bond donors (Lipinski definition) is 2. The highest BCUT2D eigenvalue weighted by Crippen LogP contribution is 2.49. The number of nitrogens with one attached hydrogen (secondary N) is 1. The molecule has 3 rings (SSSR count). The zero-order chi connectivity index (χ0) is 27.2. The van der Waals surface area contributed by atoms with E-state index in [4.69, 9.17) is 26.8 Å². The number of nitrogens with zero attached hydrogens (tertiary/aromatic N) is 4. The molecule has 10 nitrogen and oxygen atoms in total. The number of halogens is 1. The molecule has 2 heterocycles. The number of nitrogens with two attached hydrogens (primary N) is 1. The van der Waals surface area contributed by atoms with Gasteiger partial charge in [-0.1, -0.05) is 30.7 Å². The molecule has 0 saturated heterocycles. The molecule has 3 aromatic rings. The Labute approximate surface area is 222 Å². The topological polar surface area (TPSA) is 134 Å². The Hall–Kier alpha value is -2.52. The first-order chi connectivity index (χ1) is 17.4. The molecule has 1 aromatic carbocycles. The third-order valence-electron chi connectivity index (χ3n) is 5.89. The summed E-state index contributed by atoms with van der Waals surface area (Å²) in [6.45, 7) is 9.96. The van der Waals surface area contributed by atoms with E-state index in [1.807, 2.05) is 37.5 Å². The minimum atomic E-state index is -3.24. The summed E-state index contributed by atoms with van der Waals surface area (Å²) < 4.78 is 27.6. The van der Waals surface area contributed by atoms with E-state index in [0.717, 1.165) is 5.56 Å². The number of rotatable bonds is 13. The first kappa shape index (κ1) is 29.0. The number of carbonyl (C=O) groups excluding carboxylic acids is 1. The highest BCUT2D eigenvalue weighted by Gasteiger charge is 2.39. The normalized spacial score (nSPS) is 15.3. The van der Waals surface area contributed by atoms with Crippen molar-refractivity contribution in [2.24, 2.45) is 5.41 Å². The van der Waals surface area contributed by atoms with Crippen molar-refractivity contribution in [1.29, 1.82) is 0 Å². The molecule has 12 heteroatoms. The summed E-state index contributed by atoms with van der Waals surface area (Å²) in [5.41, 5.74) is 6.95. The first-order valence-corrected chi connectivity index (χ1v) is 14.7. The Morgan fingerprint density at radius 2 is 1.92 bits per heavy atom. The SMILES string of the molecule is CCCOC(=O)C(C)(C)CP(=O)(CO[C@H](C)Cn1cnc2c(N)ncnc21)N[C@@H](C)c1ccc(Cl)cc1. The number of hydrogen-bond acceptors (Lipinski definition) is 8. The molecule has 202 valence electrons. The van der Waals surface area contributed by atoms with Crippen LogP contribution in [0.15, 0.2) is 36.9 Å². The van der Waals surface area contributed by atoms with Gasteiger partial charge in [0.1, 0.15) is 18.2 Å². The van der Waals surface area contributed by atoms with Crippen LogP contribution in [-0.4, -0.2) is 50.7 Å². The van der Waals surface area contributed by atoms with Gasteiger partial charge in [0.05, 0.1) is 31.0 Å². The van der Waals surface area contributed by atoms with Crippen LogP contribution in [-0.2, 0) is 25.4 Å². The van der Waals surface area contributed by atoms with E-state index in [-0.39, 0.29) is 30.6 Å². The second kappa shape index (κ2) is 12.3.